The Kier molecular flexibility index (Phi) is 44.3. The van der Waals surface area contributed by atoms with Crippen LogP contribution in [0.2, 0.25) is 0 Å². The molecule has 56 heavy (non-hydrogen) atoms. The van der Waals surface area contributed by atoms with Crippen molar-refractivity contribution in [1.29, 1.82) is 0 Å². The molecule has 330 valence electrons. The van der Waals surface area contributed by atoms with Crippen LogP contribution in [0.1, 0.15) is 271 Å². The maximum absolute atomic E-state index is 12.7. The van der Waals surface area contributed by atoms with Gasteiger partial charge in [0, 0.05) is 19.3 Å². The standard InChI is InChI=1S/C50H94O6/c1-4-7-10-13-16-19-22-23-24-25-26-29-31-34-37-40-43-49(52)55-46-47(56-50(53)44-41-38-35-32-28-21-18-15-12-9-6-3)45-54-48(51)42-39-36-33-30-27-20-17-14-11-8-5-2/h15,18,47H,4-14,16-17,19-46H2,1-3H3/b18-15-. The molecule has 0 aliphatic carbocycles. The molecule has 0 heterocycles. The molecular weight excluding hydrogens is 697 g/mol. The van der Waals surface area contributed by atoms with E-state index >= 15 is 0 Å². The number of rotatable bonds is 45. The summed E-state index contributed by atoms with van der Waals surface area (Å²) in [4.78, 5) is 37.8. The zero-order chi connectivity index (χ0) is 40.8. The third-order valence-corrected chi connectivity index (χ3v) is 11.0. The third-order valence-electron chi connectivity index (χ3n) is 11.0. The van der Waals surface area contributed by atoms with Gasteiger partial charge in [-0.25, -0.2) is 0 Å². The molecule has 6 nitrogen and oxygen atoms in total. The fourth-order valence-corrected chi connectivity index (χ4v) is 7.25. The number of carbonyl (C=O) groups excluding carboxylic acids is 3. The Bertz CT molecular complexity index is 870. The number of ether oxygens (including phenoxy) is 3. The maximum Gasteiger partial charge on any atom is 0.306 e. The topological polar surface area (TPSA) is 78.9 Å². The van der Waals surface area contributed by atoms with Gasteiger partial charge in [-0.2, -0.15) is 0 Å². The molecule has 0 radical (unpaired) electrons. The zero-order valence-electron chi connectivity index (χ0n) is 37.7. The van der Waals surface area contributed by atoms with Crippen molar-refractivity contribution in [3.05, 3.63) is 12.2 Å². The molecule has 6 heteroatoms. The van der Waals surface area contributed by atoms with E-state index in [1.807, 2.05) is 0 Å². The van der Waals surface area contributed by atoms with Crippen LogP contribution in [0.15, 0.2) is 12.2 Å². The lowest BCUT2D eigenvalue weighted by Crippen LogP contribution is -2.30. The minimum absolute atomic E-state index is 0.0685. The predicted octanol–water partition coefficient (Wildman–Crippen LogP) is 15.8. The highest BCUT2D eigenvalue weighted by molar-refractivity contribution is 5.71. The molecule has 1 unspecified atom stereocenters. The molecule has 0 bridgehead atoms. The van der Waals surface area contributed by atoms with E-state index in [2.05, 4.69) is 32.9 Å². The third kappa shape index (κ3) is 43.3. The van der Waals surface area contributed by atoms with Gasteiger partial charge in [0.1, 0.15) is 13.2 Å². The highest BCUT2D eigenvalue weighted by Crippen LogP contribution is 2.16. The maximum atomic E-state index is 12.7. The molecule has 0 spiro atoms. The van der Waals surface area contributed by atoms with Crippen molar-refractivity contribution in [2.75, 3.05) is 13.2 Å². The summed E-state index contributed by atoms with van der Waals surface area (Å²) in [6.07, 6.45) is 49.1. The van der Waals surface area contributed by atoms with Crippen LogP contribution in [0.3, 0.4) is 0 Å². The van der Waals surface area contributed by atoms with Crippen molar-refractivity contribution in [2.45, 2.75) is 277 Å². The van der Waals surface area contributed by atoms with E-state index in [9.17, 15) is 14.4 Å². The molecule has 0 aromatic rings. The molecule has 0 aromatic heterocycles. The van der Waals surface area contributed by atoms with Crippen LogP contribution in [0.25, 0.3) is 0 Å². The fourth-order valence-electron chi connectivity index (χ4n) is 7.25. The van der Waals surface area contributed by atoms with Crippen molar-refractivity contribution < 1.29 is 28.6 Å². The van der Waals surface area contributed by atoms with Gasteiger partial charge in [-0.1, -0.05) is 226 Å². The van der Waals surface area contributed by atoms with E-state index in [0.29, 0.717) is 19.3 Å². The summed E-state index contributed by atoms with van der Waals surface area (Å²) < 4.78 is 16.7. The van der Waals surface area contributed by atoms with Crippen LogP contribution in [-0.2, 0) is 28.6 Å². The first-order valence-corrected chi connectivity index (χ1v) is 24.7. The quantitative estimate of drug-likeness (QED) is 0.0264. The minimum atomic E-state index is -0.766. The van der Waals surface area contributed by atoms with Gasteiger partial charge in [0.25, 0.3) is 0 Å². The Morgan fingerprint density at radius 2 is 0.607 bits per heavy atom. The van der Waals surface area contributed by atoms with Gasteiger partial charge in [-0.15, -0.1) is 0 Å². The van der Waals surface area contributed by atoms with Gasteiger partial charge in [0.15, 0.2) is 6.10 Å². The largest absolute Gasteiger partial charge is 0.462 e. The van der Waals surface area contributed by atoms with Crippen molar-refractivity contribution in [1.82, 2.24) is 0 Å². The summed E-state index contributed by atoms with van der Waals surface area (Å²) in [7, 11) is 0. The number of hydrogen-bond donors (Lipinski definition) is 0. The normalized spacial score (nSPS) is 12.0. The van der Waals surface area contributed by atoms with Crippen LogP contribution in [0.5, 0.6) is 0 Å². The molecule has 0 saturated carbocycles. The molecule has 0 aliphatic rings. The smallest absolute Gasteiger partial charge is 0.306 e. The van der Waals surface area contributed by atoms with Crippen molar-refractivity contribution >= 4 is 17.9 Å². The molecule has 0 fully saturated rings. The minimum Gasteiger partial charge on any atom is -0.462 e. The summed E-state index contributed by atoms with van der Waals surface area (Å²) in [5.41, 5.74) is 0. The number of esters is 3. The lowest BCUT2D eigenvalue weighted by Gasteiger charge is -2.18. The van der Waals surface area contributed by atoms with Gasteiger partial charge in [-0.05, 0) is 38.5 Å². The lowest BCUT2D eigenvalue weighted by atomic mass is 10.0. The summed E-state index contributed by atoms with van der Waals surface area (Å²) in [5, 5.41) is 0. The van der Waals surface area contributed by atoms with Crippen LogP contribution >= 0.6 is 0 Å². The summed E-state index contributed by atoms with van der Waals surface area (Å²) >= 11 is 0. The predicted molar refractivity (Wildman–Crippen MR) is 238 cm³/mol. The van der Waals surface area contributed by atoms with E-state index in [1.165, 1.54) is 167 Å². The average molecular weight is 791 g/mol. The highest BCUT2D eigenvalue weighted by atomic mass is 16.6. The van der Waals surface area contributed by atoms with E-state index in [4.69, 9.17) is 14.2 Å². The van der Waals surface area contributed by atoms with Gasteiger partial charge in [0.2, 0.25) is 0 Å². The first-order valence-electron chi connectivity index (χ1n) is 24.7. The molecule has 1 atom stereocenters. The molecule has 0 aliphatic heterocycles. The van der Waals surface area contributed by atoms with Gasteiger partial charge in [-0.3, -0.25) is 14.4 Å². The summed E-state index contributed by atoms with van der Waals surface area (Å²) in [6, 6.07) is 0. The highest BCUT2D eigenvalue weighted by Gasteiger charge is 2.19. The van der Waals surface area contributed by atoms with Crippen LogP contribution in [-0.4, -0.2) is 37.2 Å². The molecular formula is C50H94O6. The Hall–Kier alpha value is -1.85. The number of unbranched alkanes of at least 4 members (excludes halogenated alkanes) is 32. The second-order valence-electron chi connectivity index (χ2n) is 16.7. The summed E-state index contributed by atoms with van der Waals surface area (Å²) in [6.45, 7) is 6.61. The lowest BCUT2D eigenvalue weighted by molar-refractivity contribution is -0.167. The SMILES string of the molecule is CCCC/C=C\CCCCCCCC(=O)OC(COC(=O)CCCCCCCCCCCCC)COC(=O)CCCCCCCCCCCCCCCCCC. The van der Waals surface area contributed by atoms with Gasteiger partial charge in [0.05, 0.1) is 0 Å². The zero-order valence-corrected chi connectivity index (χ0v) is 37.7. The molecule has 0 amide bonds. The first-order chi connectivity index (χ1) is 27.5. The fraction of sp³-hybridized carbons (Fsp3) is 0.900. The van der Waals surface area contributed by atoms with Crippen molar-refractivity contribution in [2.24, 2.45) is 0 Å². The number of carbonyl (C=O) groups is 3. The first kappa shape index (κ1) is 54.2. The van der Waals surface area contributed by atoms with Gasteiger partial charge < -0.3 is 14.2 Å². The second-order valence-corrected chi connectivity index (χ2v) is 16.7. The van der Waals surface area contributed by atoms with E-state index in [-0.39, 0.29) is 31.1 Å². The van der Waals surface area contributed by atoms with Crippen LogP contribution in [0.4, 0.5) is 0 Å². The van der Waals surface area contributed by atoms with E-state index in [0.717, 1.165) is 64.2 Å². The molecule has 0 saturated heterocycles. The second kappa shape index (κ2) is 45.8. The molecule has 0 aromatic carbocycles. The monoisotopic (exact) mass is 791 g/mol. The average Bonchev–Trinajstić information content (AvgIpc) is 3.19. The molecule has 0 N–H and O–H groups in total. The van der Waals surface area contributed by atoms with Crippen LogP contribution < -0.4 is 0 Å². The molecule has 0 rings (SSSR count). The summed E-state index contributed by atoms with van der Waals surface area (Å²) in [5.74, 6) is -0.866. The Labute approximate surface area is 348 Å². The van der Waals surface area contributed by atoms with Crippen molar-refractivity contribution in [3.63, 3.8) is 0 Å². The van der Waals surface area contributed by atoms with E-state index < -0.39 is 6.10 Å². The Balaban J connectivity index is 4.29. The van der Waals surface area contributed by atoms with Crippen LogP contribution in [0, 0.1) is 0 Å². The van der Waals surface area contributed by atoms with E-state index in [1.54, 1.807) is 0 Å². The Morgan fingerprint density at radius 3 is 0.946 bits per heavy atom. The number of hydrogen-bond acceptors (Lipinski definition) is 6. The Morgan fingerprint density at radius 1 is 0.339 bits per heavy atom. The van der Waals surface area contributed by atoms with Gasteiger partial charge >= 0.3 is 17.9 Å². The number of allylic oxidation sites excluding steroid dienone is 2. The van der Waals surface area contributed by atoms with Crippen molar-refractivity contribution in [3.8, 4) is 0 Å².